The molecule has 1 atom stereocenters. The molecular weight excluding hydrogens is 772 g/mol. The molecule has 1 saturated heterocycles. The minimum Gasteiger partial charge on any atom is -0.475 e. The van der Waals surface area contributed by atoms with Crippen LogP contribution in [-0.4, -0.2) is 78.1 Å². The average Bonchev–Trinajstić information content (AvgIpc) is 3.18. The standard InChI is InChI=1S/C42H50F3N7O5S/c1-27-10-8-13-29(20-28-11-6-5-7-12-28)35(27)37-36(42(43,44)45)38-49-40(48-37)50-58(54,55)33-15-9-14-30(21-33)39(53)52(31(26-57-38)22-41(2,3)4)25-34-46-23-32(24-47-34)51-16-18-56-19-17-51/h8-10,13-15,21,23-24,28,31H,5-7,11-12,16-20,22,25-26H2,1-4H3,(H,48,49,50)/t31-/m1/s1. The molecule has 16 heteroatoms. The minimum absolute atomic E-state index is 0.0440. The average molecular weight is 822 g/mol. The van der Waals surface area contributed by atoms with Gasteiger partial charge in [-0.05, 0) is 60.4 Å². The van der Waals surface area contributed by atoms with E-state index < -0.39 is 63.3 Å². The van der Waals surface area contributed by atoms with E-state index in [0.29, 0.717) is 43.9 Å². The third kappa shape index (κ3) is 9.54. The number of hydrogen-bond acceptors (Lipinski definition) is 10. The molecule has 2 fully saturated rings. The quantitative estimate of drug-likeness (QED) is 0.196. The van der Waals surface area contributed by atoms with Gasteiger partial charge in [-0.15, -0.1) is 0 Å². The van der Waals surface area contributed by atoms with Crippen LogP contribution in [0.15, 0.2) is 59.8 Å². The number of aromatic nitrogens is 4. The van der Waals surface area contributed by atoms with Gasteiger partial charge in [0.05, 0.1) is 54.5 Å². The zero-order chi connectivity index (χ0) is 41.2. The Kier molecular flexibility index (Phi) is 12.0. The maximum atomic E-state index is 15.6. The number of nitrogens with zero attached hydrogens (tertiary/aromatic N) is 6. The first-order valence-electron chi connectivity index (χ1n) is 19.8. The van der Waals surface area contributed by atoms with Crippen molar-refractivity contribution in [2.45, 2.75) is 96.3 Å². The molecule has 0 spiro atoms. The number of ether oxygens (including phenoxy) is 2. The first-order chi connectivity index (χ1) is 27.6. The number of alkyl halides is 3. The van der Waals surface area contributed by atoms with Gasteiger partial charge in [-0.3, -0.25) is 4.79 Å². The number of nitrogens with one attached hydrogen (secondary N) is 1. The number of halogens is 3. The van der Waals surface area contributed by atoms with Gasteiger partial charge in [-0.2, -0.15) is 18.2 Å². The van der Waals surface area contributed by atoms with Crippen LogP contribution in [0.1, 0.15) is 92.2 Å². The fourth-order valence-corrected chi connectivity index (χ4v) is 9.17. The topological polar surface area (TPSA) is 140 Å². The summed E-state index contributed by atoms with van der Waals surface area (Å²) in [5, 5.41) is 0. The monoisotopic (exact) mass is 821 g/mol. The van der Waals surface area contributed by atoms with Gasteiger partial charge in [-0.25, -0.2) is 28.1 Å². The number of carbonyl (C=O) groups excluding carboxylic acids is 1. The Balaban J connectivity index is 1.37. The molecule has 4 bridgehead atoms. The minimum atomic E-state index is -5.02. The number of rotatable bonds is 7. The van der Waals surface area contributed by atoms with Crippen molar-refractivity contribution in [2.24, 2.45) is 11.3 Å². The highest BCUT2D eigenvalue weighted by Gasteiger charge is 2.42. The number of sulfonamides is 1. The normalized spacial score (nSPS) is 19.4. The summed E-state index contributed by atoms with van der Waals surface area (Å²) < 4.78 is 88.6. The van der Waals surface area contributed by atoms with Crippen molar-refractivity contribution < 1.29 is 35.9 Å². The lowest BCUT2D eigenvalue weighted by molar-refractivity contribution is -0.139. The molecule has 7 rings (SSSR count). The number of morpholine rings is 1. The van der Waals surface area contributed by atoms with Crippen molar-refractivity contribution in [3.8, 4) is 17.1 Å². The van der Waals surface area contributed by atoms with Crippen LogP contribution in [-0.2, 0) is 33.9 Å². The molecule has 2 aliphatic heterocycles. The number of hydrogen-bond donors (Lipinski definition) is 1. The molecule has 12 nitrogen and oxygen atoms in total. The van der Waals surface area contributed by atoms with E-state index in [4.69, 9.17) is 9.47 Å². The molecule has 0 radical (unpaired) electrons. The Bertz CT molecular complexity index is 2220. The van der Waals surface area contributed by atoms with Crippen LogP contribution in [0.2, 0.25) is 0 Å². The molecule has 4 heterocycles. The maximum Gasteiger partial charge on any atom is 0.423 e. The molecule has 4 aromatic rings. The predicted octanol–water partition coefficient (Wildman–Crippen LogP) is 7.86. The molecule has 310 valence electrons. The fourth-order valence-electron chi connectivity index (χ4n) is 8.18. The zero-order valence-electron chi connectivity index (χ0n) is 33.3. The fraction of sp³-hybridized carbons (Fsp3) is 0.500. The number of carbonyl (C=O) groups is 1. The zero-order valence-corrected chi connectivity index (χ0v) is 34.1. The molecule has 1 saturated carbocycles. The van der Waals surface area contributed by atoms with E-state index in [-0.39, 0.29) is 40.7 Å². The molecule has 2 aromatic heterocycles. The number of aryl methyl sites for hydroxylation is 1. The van der Waals surface area contributed by atoms with E-state index >= 15 is 13.2 Å². The second-order valence-corrected chi connectivity index (χ2v) is 18.3. The highest BCUT2D eigenvalue weighted by molar-refractivity contribution is 7.92. The summed E-state index contributed by atoms with van der Waals surface area (Å²) in [7, 11) is -4.53. The smallest absolute Gasteiger partial charge is 0.423 e. The summed E-state index contributed by atoms with van der Waals surface area (Å²) in [5.74, 6) is -1.43. The highest BCUT2D eigenvalue weighted by Crippen LogP contribution is 2.45. The van der Waals surface area contributed by atoms with Crippen molar-refractivity contribution >= 4 is 27.6 Å². The van der Waals surface area contributed by atoms with Crippen LogP contribution in [0.3, 0.4) is 0 Å². The third-order valence-corrected chi connectivity index (χ3v) is 12.3. The third-order valence-electron chi connectivity index (χ3n) is 10.9. The number of anilines is 2. The Labute approximate surface area is 337 Å². The van der Waals surface area contributed by atoms with E-state index in [9.17, 15) is 13.2 Å². The van der Waals surface area contributed by atoms with E-state index in [0.717, 1.165) is 37.8 Å². The van der Waals surface area contributed by atoms with E-state index in [1.165, 1.54) is 29.2 Å². The highest BCUT2D eigenvalue weighted by atomic mass is 32.2. The summed E-state index contributed by atoms with van der Waals surface area (Å²) in [4.78, 5) is 35.5. The van der Waals surface area contributed by atoms with Crippen LogP contribution >= 0.6 is 0 Å². The SMILES string of the molecule is Cc1cccc(CC2CCCCC2)c1-c1nc2nc(c1C(F)(F)F)OC[C@@H](CC(C)(C)C)N(Cc1ncc(N3CCOCC3)cn1)C(=O)c1cccc(c1)S(=O)(=O)N2. The Morgan fingerprint density at radius 3 is 2.34 bits per heavy atom. The van der Waals surface area contributed by atoms with Gasteiger partial charge >= 0.3 is 6.18 Å². The van der Waals surface area contributed by atoms with Crippen LogP contribution in [0.4, 0.5) is 24.8 Å². The van der Waals surface area contributed by atoms with E-state index in [1.807, 2.05) is 32.9 Å². The summed E-state index contributed by atoms with van der Waals surface area (Å²) in [5.41, 5.74) is 0.180. The number of fused-ring (bicyclic) bond motifs is 4. The first kappa shape index (κ1) is 41.3. The molecule has 0 unspecified atom stereocenters. The van der Waals surface area contributed by atoms with Crippen molar-refractivity contribution in [3.05, 3.63) is 82.9 Å². The van der Waals surface area contributed by atoms with Crippen molar-refractivity contribution in [1.82, 2.24) is 24.8 Å². The van der Waals surface area contributed by atoms with Gasteiger partial charge < -0.3 is 19.3 Å². The van der Waals surface area contributed by atoms with Gasteiger partial charge in [0, 0.05) is 24.2 Å². The lowest BCUT2D eigenvalue weighted by atomic mass is 9.82. The van der Waals surface area contributed by atoms with Crippen molar-refractivity contribution in [1.29, 1.82) is 0 Å². The summed E-state index contributed by atoms with van der Waals surface area (Å²) in [6, 6.07) is 9.99. The summed E-state index contributed by atoms with van der Waals surface area (Å²) >= 11 is 0. The molecule has 2 aromatic carbocycles. The molecule has 3 aliphatic rings. The van der Waals surface area contributed by atoms with Crippen LogP contribution in [0, 0.1) is 18.3 Å². The second-order valence-electron chi connectivity index (χ2n) is 16.6. The van der Waals surface area contributed by atoms with Crippen LogP contribution in [0.5, 0.6) is 5.88 Å². The van der Waals surface area contributed by atoms with Crippen LogP contribution < -0.4 is 14.4 Å². The van der Waals surface area contributed by atoms with Gasteiger partial charge in [0.15, 0.2) is 0 Å². The van der Waals surface area contributed by atoms with Gasteiger partial charge in [-0.1, -0.05) is 77.1 Å². The van der Waals surface area contributed by atoms with E-state index in [1.54, 1.807) is 25.4 Å². The largest absolute Gasteiger partial charge is 0.475 e. The molecule has 58 heavy (non-hydrogen) atoms. The van der Waals surface area contributed by atoms with Gasteiger partial charge in [0.25, 0.3) is 15.9 Å². The summed E-state index contributed by atoms with van der Waals surface area (Å²) in [6.45, 7) is 9.51. The Hall–Kier alpha value is -4.83. The molecule has 1 N–H and O–H groups in total. The molecule has 1 aliphatic carbocycles. The number of amides is 1. The first-order valence-corrected chi connectivity index (χ1v) is 21.3. The predicted molar refractivity (Wildman–Crippen MR) is 213 cm³/mol. The summed E-state index contributed by atoms with van der Waals surface area (Å²) in [6.07, 6.45) is 4.32. The Morgan fingerprint density at radius 2 is 1.66 bits per heavy atom. The van der Waals surface area contributed by atoms with Gasteiger partial charge in [0.2, 0.25) is 11.8 Å². The molecular formula is C42H50F3N7O5S. The maximum absolute atomic E-state index is 15.6. The Morgan fingerprint density at radius 1 is 0.948 bits per heavy atom. The second kappa shape index (κ2) is 16.8. The van der Waals surface area contributed by atoms with Crippen LogP contribution in [0.25, 0.3) is 11.3 Å². The molecule has 1 amide bonds. The lowest BCUT2D eigenvalue weighted by Crippen LogP contribution is -2.45. The van der Waals surface area contributed by atoms with Crippen molar-refractivity contribution in [3.63, 3.8) is 0 Å². The number of benzene rings is 2. The van der Waals surface area contributed by atoms with Gasteiger partial charge in [0.1, 0.15) is 18.0 Å². The lowest BCUT2D eigenvalue weighted by Gasteiger charge is -2.35. The van der Waals surface area contributed by atoms with E-state index in [2.05, 4.69) is 29.6 Å². The van der Waals surface area contributed by atoms with Crippen molar-refractivity contribution in [2.75, 3.05) is 42.5 Å².